The van der Waals surface area contributed by atoms with E-state index in [-0.39, 0.29) is 6.10 Å². The second-order valence-electron chi connectivity index (χ2n) is 5.04. The van der Waals surface area contributed by atoms with Gasteiger partial charge >= 0.3 is 6.16 Å². The number of carbonyl (C=O) groups is 1. The van der Waals surface area contributed by atoms with Crippen LogP contribution in [0.2, 0.25) is 25.7 Å². The summed E-state index contributed by atoms with van der Waals surface area (Å²) in [6.07, 6.45) is 0.312. The second-order valence-corrected chi connectivity index (χ2v) is 10.7. The molecule has 15 heavy (non-hydrogen) atoms. The molecule has 0 saturated carbocycles. The zero-order valence-corrected chi connectivity index (χ0v) is 10.7. The van der Waals surface area contributed by atoms with E-state index in [2.05, 4.69) is 24.4 Å². The van der Waals surface area contributed by atoms with Crippen LogP contribution in [0.5, 0.6) is 0 Å². The average molecular weight is 232 g/mol. The Labute approximate surface area is 91.9 Å². The monoisotopic (exact) mass is 232 g/mol. The Morgan fingerprint density at radius 1 is 1.47 bits per heavy atom. The molecule has 4 nitrogen and oxygen atoms in total. The van der Waals surface area contributed by atoms with Gasteiger partial charge in [0.1, 0.15) is 6.61 Å². The summed E-state index contributed by atoms with van der Waals surface area (Å²) >= 11 is 0. The quantitative estimate of drug-likeness (QED) is 0.400. The van der Waals surface area contributed by atoms with Crippen molar-refractivity contribution in [3.8, 4) is 0 Å². The van der Waals surface area contributed by atoms with Crippen molar-refractivity contribution < 1.29 is 19.0 Å². The summed E-state index contributed by atoms with van der Waals surface area (Å²) < 4.78 is 14.9. The van der Waals surface area contributed by atoms with Gasteiger partial charge in [-0.15, -0.1) is 0 Å². The van der Waals surface area contributed by atoms with Gasteiger partial charge < -0.3 is 14.2 Å². The fourth-order valence-corrected chi connectivity index (χ4v) is 2.57. The van der Waals surface area contributed by atoms with E-state index in [9.17, 15) is 4.79 Å². The van der Waals surface area contributed by atoms with Gasteiger partial charge in [-0.1, -0.05) is 25.7 Å². The largest absolute Gasteiger partial charge is 0.508 e. The SMILES string of the molecule is C[Si](C)(C)CCCOCC1COC(=O)O1. The van der Waals surface area contributed by atoms with Crippen molar-refractivity contribution in [1.82, 2.24) is 0 Å². The van der Waals surface area contributed by atoms with Gasteiger partial charge in [0.25, 0.3) is 0 Å². The molecular weight excluding hydrogens is 212 g/mol. The lowest BCUT2D eigenvalue weighted by Crippen LogP contribution is -2.21. The van der Waals surface area contributed by atoms with E-state index in [0.717, 1.165) is 13.0 Å². The van der Waals surface area contributed by atoms with Gasteiger partial charge in [-0.25, -0.2) is 4.79 Å². The topological polar surface area (TPSA) is 44.8 Å². The lowest BCUT2D eigenvalue weighted by Gasteiger charge is -2.15. The van der Waals surface area contributed by atoms with Gasteiger partial charge in [-0.2, -0.15) is 0 Å². The summed E-state index contributed by atoms with van der Waals surface area (Å²) in [5.74, 6) is 0. The molecule has 0 spiro atoms. The Morgan fingerprint density at radius 2 is 2.20 bits per heavy atom. The fraction of sp³-hybridized carbons (Fsp3) is 0.900. The lowest BCUT2D eigenvalue weighted by atomic mass is 10.4. The maximum atomic E-state index is 10.6. The molecule has 1 aliphatic rings. The highest BCUT2D eigenvalue weighted by Gasteiger charge is 2.24. The number of rotatable bonds is 6. The smallest absolute Gasteiger partial charge is 0.430 e. The molecule has 88 valence electrons. The third-order valence-corrected chi connectivity index (χ3v) is 4.02. The molecule has 1 saturated heterocycles. The van der Waals surface area contributed by atoms with Crippen LogP contribution in [0.25, 0.3) is 0 Å². The van der Waals surface area contributed by atoms with E-state index in [1.807, 2.05) is 0 Å². The van der Waals surface area contributed by atoms with Crippen molar-refractivity contribution in [2.45, 2.75) is 38.2 Å². The van der Waals surface area contributed by atoms with Crippen LogP contribution in [-0.2, 0) is 14.2 Å². The molecule has 1 aliphatic heterocycles. The lowest BCUT2D eigenvalue weighted by molar-refractivity contribution is 0.0462. The summed E-state index contributed by atoms with van der Waals surface area (Å²) in [4.78, 5) is 10.6. The highest BCUT2D eigenvalue weighted by Crippen LogP contribution is 2.11. The van der Waals surface area contributed by atoms with Crippen molar-refractivity contribution in [2.24, 2.45) is 0 Å². The summed E-state index contributed by atoms with van der Waals surface area (Å²) in [6.45, 7) is 8.57. The Kier molecular flexibility index (Phi) is 4.60. The predicted molar refractivity (Wildman–Crippen MR) is 59.8 cm³/mol. The molecule has 1 unspecified atom stereocenters. The van der Waals surface area contributed by atoms with Crippen LogP contribution in [0.3, 0.4) is 0 Å². The predicted octanol–water partition coefficient (Wildman–Crippen LogP) is 2.27. The van der Waals surface area contributed by atoms with Crippen LogP contribution in [0.4, 0.5) is 4.79 Å². The van der Waals surface area contributed by atoms with Crippen molar-refractivity contribution in [3.05, 3.63) is 0 Å². The first kappa shape index (κ1) is 12.5. The van der Waals surface area contributed by atoms with Gasteiger partial charge in [0, 0.05) is 14.7 Å². The summed E-state index contributed by atoms with van der Waals surface area (Å²) in [5, 5.41) is 0. The molecule has 0 N–H and O–H groups in total. The molecule has 0 aromatic heterocycles. The van der Waals surface area contributed by atoms with Crippen molar-refractivity contribution >= 4 is 14.2 Å². The molecule has 1 fully saturated rings. The molecule has 1 heterocycles. The van der Waals surface area contributed by atoms with Crippen LogP contribution >= 0.6 is 0 Å². The summed E-state index contributed by atoms with van der Waals surface area (Å²) in [7, 11) is -0.940. The van der Waals surface area contributed by atoms with E-state index >= 15 is 0 Å². The second kappa shape index (κ2) is 5.51. The number of hydrogen-bond donors (Lipinski definition) is 0. The summed E-state index contributed by atoms with van der Waals surface area (Å²) in [5.41, 5.74) is 0. The molecule has 0 aliphatic carbocycles. The molecule has 1 atom stereocenters. The van der Waals surface area contributed by atoms with Gasteiger partial charge in [-0.05, 0) is 6.42 Å². The maximum Gasteiger partial charge on any atom is 0.508 e. The minimum Gasteiger partial charge on any atom is -0.430 e. The first-order valence-electron chi connectivity index (χ1n) is 5.38. The molecule has 0 bridgehead atoms. The van der Waals surface area contributed by atoms with Crippen LogP contribution in [0, 0.1) is 0 Å². The van der Waals surface area contributed by atoms with Crippen LogP contribution in [0.1, 0.15) is 6.42 Å². The number of ether oxygens (including phenoxy) is 3. The third-order valence-electron chi connectivity index (χ3n) is 2.17. The van der Waals surface area contributed by atoms with E-state index in [4.69, 9.17) is 9.47 Å². The minimum atomic E-state index is -0.940. The highest BCUT2D eigenvalue weighted by molar-refractivity contribution is 6.76. The van der Waals surface area contributed by atoms with E-state index < -0.39 is 14.2 Å². The zero-order chi connectivity index (χ0) is 11.3. The van der Waals surface area contributed by atoms with Crippen LogP contribution in [-0.4, -0.2) is 40.2 Å². The molecule has 0 aromatic rings. The first-order valence-corrected chi connectivity index (χ1v) is 9.09. The van der Waals surface area contributed by atoms with Crippen molar-refractivity contribution in [2.75, 3.05) is 19.8 Å². The summed E-state index contributed by atoms with van der Waals surface area (Å²) in [6, 6.07) is 1.27. The maximum absolute atomic E-state index is 10.6. The Morgan fingerprint density at radius 3 is 2.73 bits per heavy atom. The zero-order valence-electron chi connectivity index (χ0n) is 9.75. The molecule has 0 aromatic carbocycles. The van der Waals surface area contributed by atoms with E-state index in [0.29, 0.717) is 13.2 Å². The average Bonchev–Trinajstić information content (AvgIpc) is 2.49. The Balaban J connectivity index is 1.95. The fourth-order valence-electron chi connectivity index (χ4n) is 1.37. The van der Waals surface area contributed by atoms with Crippen molar-refractivity contribution in [3.63, 3.8) is 0 Å². The van der Waals surface area contributed by atoms with Crippen LogP contribution < -0.4 is 0 Å². The Hall–Kier alpha value is -0.553. The molecule has 5 heteroatoms. The van der Waals surface area contributed by atoms with Crippen LogP contribution in [0.15, 0.2) is 0 Å². The first-order chi connectivity index (χ1) is 6.97. The normalized spacial score (nSPS) is 21.3. The standard InChI is InChI=1S/C10H20O4Si/c1-15(2,3)6-4-5-12-7-9-8-13-10(11)14-9/h9H,4-8H2,1-3H3. The van der Waals surface area contributed by atoms with Crippen molar-refractivity contribution in [1.29, 1.82) is 0 Å². The molecule has 0 amide bonds. The van der Waals surface area contributed by atoms with Gasteiger partial charge in [0.15, 0.2) is 6.10 Å². The van der Waals surface area contributed by atoms with Gasteiger partial charge in [0.2, 0.25) is 0 Å². The molecule has 0 radical (unpaired) electrons. The minimum absolute atomic E-state index is 0.204. The number of carbonyl (C=O) groups excluding carboxylic acids is 1. The van der Waals surface area contributed by atoms with E-state index in [1.165, 1.54) is 6.04 Å². The Bertz CT molecular complexity index is 212. The number of hydrogen-bond acceptors (Lipinski definition) is 4. The van der Waals surface area contributed by atoms with Gasteiger partial charge in [0.05, 0.1) is 6.61 Å². The molecular formula is C10H20O4Si. The van der Waals surface area contributed by atoms with Gasteiger partial charge in [-0.3, -0.25) is 0 Å². The number of cyclic esters (lactones) is 2. The molecule has 1 rings (SSSR count). The third kappa shape index (κ3) is 5.79. The highest BCUT2D eigenvalue weighted by atomic mass is 28.3. The van der Waals surface area contributed by atoms with E-state index in [1.54, 1.807) is 0 Å².